The molecule has 0 amide bonds. The Labute approximate surface area is 109 Å². The first-order valence-electron chi connectivity index (χ1n) is 4.36. The highest BCUT2D eigenvalue weighted by Crippen LogP contribution is 2.28. The Bertz CT molecular complexity index is 555. The number of nitrogens with zero attached hydrogens (tertiary/aromatic N) is 2. The highest BCUT2D eigenvalue weighted by Gasteiger charge is 2.14. The van der Waals surface area contributed by atoms with E-state index in [4.69, 9.17) is 5.73 Å². The van der Waals surface area contributed by atoms with Gasteiger partial charge < -0.3 is 10.5 Å². The molecule has 0 aliphatic rings. The fraction of sp³-hybridized carbons (Fsp3) is 0.222. The molecule has 0 bridgehead atoms. The van der Waals surface area contributed by atoms with Gasteiger partial charge in [-0.2, -0.15) is 0 Å². The van der Waals surface area contributed by atoms with E-state index >= 15 is 0 Å². The van der Waals surface area contributed by atoms with Gasteiger partial charge in [0.15, 0.2) is 0 Å². The van der Waals surface area contributed by atoms with Gasteiger partial charge in [0.2, 0.25) is 5.95 Å². The number of halogens is 1. The van der Waals surface area contributed by atoms with Crippen molar-refractivity contribution < 1.29 is 9.53 Å². The third-order valence-corrected chi connectivity index (χ3v) is 3.73. The van der Waals surface area contributed by atoms with Crippen LogP contribution in [0.5, 0.6) is 0 Å². The number of carbonyl (C=O) groups excluding carboxylic acids is 1. The van der Waals surface area contributed by atoms with Crippen molar-refractivity contribution in [2.45, 2.75) is 4.43 Å². The van der Waals surface area contributed by atoms with Crippen LogP contribution in [0.25, 0.3) is 10.2 Å². The van der Waals surface area contributed by atoms with Crippen molar-refractivity contribution in [1.29, 1.82) is 0 Å². The van der Waals surface area contributed by atoms with E-state index in [0.717, 1.165) is 20.3 Å². The third kappa shape index (κ3) is 1.96. The lowest BCUT2D eigenvalue weighted by Crippen LogP contribution is -1.97. The van der Waals surface area contributed by atoms with Crippen LogP contribution >= 0.6 is 33.9 Å². The maximum Gasteiger partial charge on any atom is 0.348 e. The van der Waals surface area contributed by atoms with Crippen LogP contribution in [0.2, 0.25) is 0 Å². The van der Waals surface area contributed by atoms with Crippen LogP contribution in [0.1, 0.15) is 15.4 Å². The largest absolute Gasteiger partial charge is 0.465 e. The number of rotatable bonds is 2. The van der Waals surface area contributed by atoms with Crippen LogP contribution in [0, 0.1) is 0 Å². The van der Waals surface area contributed by atoms with Gasteiger partial charge in [0.1, 0.15) is 9.71 Å². The van der Waals surface area contributed by atoms with Gasteiger partial charge in [0.05, 0.1) is 12.8 Å². The van der Waals surface area contributed by atoms with Crippen LogP contribution in [0.3, 0.4) is 0 Å². The van der Waals surface area contributed by atoms with Gasteiger partial charge in [-0.25, -0.2) is 14.8 Å². The summed E-state index contributed by atoms with van der Waals surface area (Å²) in [7, 11) is 1.35. The summed E-state index contributed by atoms with van der Waals surface area (Å²) in [5.74, 6) is -0.126. The minimum atomic E-state index is -0.360. The first-order chi connectivity index (χ1) is 7.65. The maximum atomic E-state index is 11.4. The normalized spacial score (nSPS) is 10.6. The minimum absolute atomic E-state index is 0.234. The monoisotopic (exact) mass is 349 g/mol. The molecule has 0 aliphatic heterocycles. The summed E-state index contributed by atoms with van der Waals surface area (Å²) in [5, 5.41) is 0.869. The van der Waals surface area contributed by atoms with Crippen molar-refractivity contribution in [3.8, 4) is 0 Å². The molecule has 0 spiro atoms. The van der Waals surface area contributed by atoms with Crippen LogP contribution in [0.15, 0.2) is 6.07 Å². The number of alkyl halides is 1. The zero-order valence-electron chi connectivity index (χ0n) is 8.36. The van der Waals surface area contributed by atoms with Crippen LogP contribution in [-0.2, 0) is 9.16 Å². The highest BCUT2D eigenvalue weighted by molar-refractivity contribution is 14.1. The summed E-state index contributed by atoms with van der Waals surface area (Å²) >= 11 is 3.46. The number of hydrogen-bond donors (Lipinski definition) is 1. The first kappa shape index (κ1) is 11.5. The average molecular weight is 349 g/mol. The summed E-state index contributed by atoms with van der Waals surface area (Å²) in [6, 6.07) is 1.75. The molecule has 16 heavy (non-hydrogen) atoms. The molecule has 2 rings (SSSR count). The summed E-state index contributed by atoms with van der Waals surface area (Å²) in [5.41, 5.74) is 6.43. The number of carbonyl (C=O) groups is 1. The molecule has 0 aliphatic carbocycles. The molecule has 0 atom stereocenters. The van der Waals surface area contributed by atoms with Gasteiger partial charge in [-0.05, 0) is 6.07 Å². The van der Waals surface area contributed by atoms with E-state index in [9.17, 15) is 4.79 Å². The third-order valence-electron chi connectivity index (χ3n) is 2.00. The predicted octanol–water partition coefficient (Wildman–Crippen LogP) is 2.00. The van der Waals surface area contributed by atoms with Crippen molar-refractivity contribution >= 4 is 56.1 Å². The molecule has 2 aromatic rings. The fourth-order valence-electron chi connectivity index (χ4n) is 1.30. The molecule has 2 N–H and O–H groups in total. The molecule has 0 unspecified atom stereocenters. The van der Waals surface area contributed by atoms with E-state index in [0.29, 0.717) is 4.88 Å². The number of nitrogens with two attached hydrogens (primary N) is 1. The molecule has 2 aromatic heterocycles. The summed E-state index contributed by atoms with van der Waals surface area (Å²) in [6.07, 6.45) is 0. The Kier molecular flexibility index (Phi) is 3.24. The standard InChI is InChI=1S/C9H8IN3O2S/c1-15-8(14)6-2-4-5(3-10)12-9(11)13-7(4)16-6/h2H,3H2,1H3,(H2,11,12,13). The maximum absolute atomic E-state index is 11.4. The fourth-order valence-corrected chi connectivity index (χ4v) is 2.86. The van der Waals surface area contributed by atoms with E-state index in [2.05, 4.69) is 37.3 Å². The van der Waals surface area contributed by atoms with Gasteiger partial charge >= 0.3 is 5.97 Å². The molecular weight excluding hydrogens is 341 g/mol. The summed E-state index contributed by atoms with van der Waals surface area (Å²) < 4.78 is 5.38. The molecule has 7 heteroatoms. The second kappa shape index (κ2) is 4.50. The molecule has 0 radical (unpaired) electrons. The Hall–Kier alpha value is -0.960. The van der Waals surface area contributed by atoms with Gasteiger partial charge in [-0.15, -0.1) is 11.3 Å². The first-order valence-corrected chi connectivity index (χ1v) is 6.70. The molecular formula is C9H8IN3O2S. The zero-order chi connectivity index (χ0) is 11.7. The van der Waals surface area contributed by atoms with Crippen LogP contribution < -0.4 is 5.73 Å². The Morgan fingerprint density at radius 1 is 1.62 bits per heavy atom. The molecule has 0 saturated heterocycles. The van der Waals surface area contributed by atoms with Gasteiger partial charge in [-0.3, -0.25) is 0 Å². The topological polar surface area (TPSA) is 78.1 Å². The Balaban J connectivity index is 2.64. The number of nitrogen functional groups attached to an aromatic ring is 1. The van der Waals surface area contributed by atoms with E-state index in [1.165, 1.54) is 18.4 Å². The van der Waals surface area contributed by atoms with E-state index in [1.807, 2.05) is 0 Å². The highest BCUT2D eigenvalue weighted by atomic mass is 127. The average Bonchev–Trinajstić information content (AvgIpc) is 2.70. The quantitative estimate of drug-likeness (QED) is 0.510. The minimum Gasteiger partial charge on any atom is -0.465 e. The van der Waals surface area contributed by atoms with Crippen molar-refractivity contribution in [3.05, 3.63) is 16.6 Å². The van der Waals surface area contributed by atoms with Gasteiger partial charge in [0.25, 0.3) is 0 Å². The number of ether oxygens (including phenoxy) is 1. The molecule has 2 heterocycles. The SMILES string of the molecule is COC(=O)c1cc2c(CI)nc(N)nc2s1. The smallest absolute Gasteiger partial charge is 0.348 e. The van der Waals surface area contributed by atoms with E-state index < -0.39 is 0 Å². The number of esters is 1. The van der Waals surface area contributed by atoms with Crippen LogP contribution in [0.4, 0.5) is 5.95 Å². The second-order valence-electron chi connectivity index (χ2n) is 2.98. The molecule has 0 saturated carbocycles. The molecule has 0 fully saturated rings. The van der Waals surface area contributed by atoms with E-state index in [1.54, 1.807) is 6.07 Å². The Morgan fingerprint density at radius 2 is 2.38 bits per heavy atom. The molecule has 84 valence electrons. The van der Waals surface area contributed by atoms with Gasteiger partial charge in [-0.1, -0.05) is 22.6 Å². The van der Waals surface area contributed by atoms with Crippen molar-refractivity contribution in [2.75, 3.05) is 12.8 Å². The predicted molar refractivity (Wildman–Crippen MR) is 70.9 cm³/mol. The number of methoxy groups -OCH3 is 1. The molecule has 0 aromatic carbocycles. The van der Waals surface area contributed by atoms with Gasteiger partial charge in [0, 0.05) is 9.81 Å². The van der Waals surface area contributed by atoms with E-state index in [-0.39, 0.29) is 11.9 Å². The lowest BCUT2D eigenvalue weighted by molar-refractivity contribution is 0.0606. The van der Waals surface area contributed by atoms with Crippen molar-refractivity contribution in [3.63, 3.8) is 0 Å². The summed E-state index contributed by atoms with van der Waals surface area (Å²) in [4.78, 5) is 20.8. The second-order valence-corrected chi connectivity index (χ2v) is 4.78. The zero-order valence-corrected chi connectivity index (χ0v) is 11.3. The number of aromatic nitrogens is 2. The van der Waals surface area contributed by atoms with Crippen LogP contribution in [-0.4, -0.2) is 23.0 Å². The van der Waals surface area contributed by atoms with Crippen molar-refractivity contribution in [1.82, 2.24) is 9.97 Å². The number of fused-ring (bicyclic) bond motifs is 1. The lowest BCUT2D eigenvalue weighted by atomic mass is 10.3. The lowest BCUT2D eigenvalue weighted by Gasteiger charge is -1.97. The number of hydrogen-bond acceptors (Lipinski definition) is 6. The molecule has 5 nitrogen and oxygen atoms in total. The Morgan fingerprint density at radius 3 is 3.00 bits per heavy atom. The number of thiophene rings is 1. The van der Waals surface area contributed by atoms with Crippen molar-refractivity contribution in [2.24, 2.45) is 0 Å². The number of anilines is 1. The summed E-state index contributed by atoms with van der Waals surface area (Å²) in [6.45, 7) is 0.